The monoisotopic (exact) mass is 914 g/mol. The van der Waals surface area contributed by atoms with Crippen LogP contribution in [0.15, 0.2) is 285 Å². The van der Waals surface area contributed by atoms with E-state index in [1.54, 1.807) is 0 Å². The van der Waals surface area contributed by atoms with Gasteiger partial charge >= 0.3 is 0 Å². The lowest BCUT2D eigenvalue weighted by Gasteiger charge is -2.19. The smallest absolute Gasteiger partial charge is 0.0714 e. The molecule has 0 amide bonds. The van der Waals surface area contributed by atoms with Crippen molar-refractivity contribution < 1.29 is 0 Å². The van der Waals surface area contributed by atoms with E-state index >= 15 is 0 Å². The zero-order valence-electron chi connectivity index (χ0n) is 39.5. The maximum absolute atomic E-state index is 5.24. The Morgan fingerprint density at radius 2 is 0.500 bits per heavy atom. The number of rotatable bonds is 10. The molecule has 0 N–H and O–H groups in total. The standard InChI is InChI=1S/C70H46N2/c1-5-20-47(21-6-1)51-36-38-52(39-37-51)59-45-61-62(46-60(59)56-31-17-28-53(42-56)48-22-7-2-8-23-48)68-69(64-35-14-16-41-72-64)65(57-32-18-29-54(43-57)49-24-9-3-10-25-49)66(70(68)67(61)63-34-13-15-40-71-63)58-33-19-30-55(44-58)50-26-11-4-12-27-50/h1-46H. The lowest BCUT2D eigenvalue weighted by molar-refractivity contribution is 1.27. The van der Waals surface area contributed by atoms with Crippen molar-refractivity contribution in [3.63, 3.8) is 0 Å². The molecule has 0 saturated heterocycles. The van der Waals surface area contributed by atoms with E-state index in [4.69, 9.17) is 9.97 Å². The Kier molecular flexibility index (Phi) is 10.9. The van der Waals surface area contributed by atoms with Gasteiger partial charge in [0.15, 0.2) is 0 Å². The molecule has 2 aliphatic carbocycles. The van der Waals surface area contributed by atoms with E-state index in [2.05, 4.69) is 255 Å². The van der Waals surface area contributed by atoms with Gasteiger partial charge in [0.2, 0.25) is 0 Å². The normalized spacial score (nSPS) is 12.8. The van der Waals surface area contributed by atoms with Crippen LogP contribution in [0.4, 0.5) is 0 Å². The van der Waals surface area contributed by atoms with Gasteiger partial charge in [-0.1, -0.05) is 212 Å². The first-order valence-corrected chi connectivity index (χ1v) is 24.6. The molecule has 9 aromatic carbocycles. The summed E-state index contributed by atoms with van der Waals surface area (Å²) in [5.41, 5.74) is 27.2. The van der Waals surface area contributed by atoms with Gasteiger partial charge in [-0.3, -0.25) is 9.97 Å². The second-order valence-electron chi connectivity index (χ2n) is 18.4. The fraction of sp³-hybridized carbons (Fsp3) is 0. The summed E-state index contributed by atoms with van der Waals surface area (Å²) in [4.78, 5) is 10.5. The average molecular weight is 915 g/mol. The molecule has 2 heterocycles. The molecule has 2 nitrogen and oxygen atoms in total. The van der Waals surface area contributed by atoms with Crippen LogP contribution in [0, 0.1) is 0 Å². The summed E-state index contributed by atoms with van der Waals surface area (Å²) in [6.07, 6.45) is 3.85. The summed E-state index contributed by atoms with van der Waals surface area (Å²) in [5.74, 6) is 0. The molecule has 0 bridgehead atoms. The number of hydrogen-bond acceptors (Lipinski definition) is 2. The summed E-state index contributed by atoms with van der Waals surface area (Å²) >= 11 is 0. The molecular weight excluding hydrogens is 869 g/mol. The average Bonchev–Trinajstić information content (AvgIpc) is 3.99. The first-order valence-electron chi connectivity index (χ1n) is 24.6. The van der Waals surface area contributed by atoms with Crippen molar-refractivity contribution in [1.82, 2.24) is 9.97 Å². The highest BCUT2D eigenvalue weighted by atomic mass is 14.7. The predicted molar refractivity (Wildman–Crippen MR) is 300 cm³/mol. The number of benzene rings is 9. The quantitative estimate of drug-likeness (QED) is 0.137. The fourth-order valence-corrected chi connectivity index (χ4v) is 10.8. The van der Waals surface area contributed by atoms with Gasteiger partial charge in [-0.15, -0.1) is 0 Å². The second kappa shape index (κ2) is 18.4. The lowest BCUT2D eigenvalue weighted by atomic mass is 9.84. The Hall–Kier alpha value is -9.50. The molecule has 0 atom stereocenters. The molecule has 2 heteroatoms. The SMILES string of the molecule is c1ccc(-c2ccc(-c3cc4c(cc3-c3cccc(-c5ccccc5)c3)C3=C(c5ccccn5)C(c5cccc(-c6ccccc6)c5)=C(c5cccc(-c6ccccc6)c5)C3=C4c3ccccn3)cc2)cc1. The van der Waals surface area contributed by atoms with Gasteiger partial charge < -0.3 is 0 Å². The zero-order valence-corrected chi connectivity index (χ0v) is 39.5. The number of nitrogens with zero attached hydrogens (tertiary/aromatic N) is 2. The fourth-order valence-electron chi connectivity index (χ4n) is 10.8. The lowest BCUT2D eigenvalue weighted by Crippen LogP contribution is -1.99. The first kappa shape index (κ1) is 42.6. The molecule has 13 rings (SSSR count). The van der Waals surface area contributed by atoms with Gasteiger partial charge in [0.05, 0.1) is 11.4 Å². The number of pyridine rings is 2. The molecule has 0 saturated carbocycles. The highest BCUT2D eigenvalue weighted by molar-refractivity contribution is 6.39. The summed E-state index contributed by atoms with van der Waals surface area (Å²) in [7, 11) is 0. The Morgan fingerprint density at radius 1 is 0.167 bits per heavy atom. The highest BCUT2D eigenvalue weighted by Gasteiger charge is 2.41. The topological polar surface area (TPSA) is 25.8 Å². The third-order valence-corrected chi connectivity index (χ3v) is 14.1. The zero-order chi connectivity index (χ0) is 47.8. The molecule has 0 spiro atoms. The molecule has 11 aromatic rings. The number of allylic oxidation sites excluding steroid dienone is 5. The van der Waals surface area contributed by atoms with Crippen molar-refractivity contribution in [1.29, 1.82) is 0 Å². The third-order valence-electron chi connectivity index (χ3n) is 14.1. The van der Waals surface area contributed by atoms with Crippen molar-refractivity contribution in [3.8, 4) is 66.8 Å². The van der Waals surface area contributed by atoms with E-state index in [1.165, 1.54) is 33.4 Å². The van der Waals surface area contributed by atoms with Crippen LogP contribution in [-0.4, -0.2) is 9.97 Å². The molecule has 2 aromatic heterocycles. The second-order valence-corrected chi connectivity index (χ2v) is 18.4. The molecule has 0 aliphatic heterocycles. The number of hydrogen-bond donors (Lipinski definition) is 0. The first-order chi connectivity index (χ1) is 35.7. The molecule has 336 valence electrons. The summed E-state index contributed by atoms with van der Waals surface area (Å²) in [5, 5.41) is 0. The van der Waals surface area contributed by atoms with Crippen molar-refractivity contribution in [2.75, 3.05) is 0 Å². The summed E-state index contributed by atoms with van der Waals surface area (Å²) in [6.45, 7) is 0. The van der Waals surface area contributed by atoms with Crippen LogP contribution in [0.3, 0.4) is 0 Å². The largest absolute Gasteiger partial charge is 0.256 e. The van der Waals surface area contributed by atoms with Crippen LogP contribution >= 0.6 is 0 Å². The van der Waals surface area contributed by atoms with Gasteiger partial charge in [0.25, 0.3) is 0 Å². The summed E-state index contributed by atoms with van der Waals surface area (Å²) < 4.78 is 0. The van der Waals surface area contributed by atoms with Gasteiger partial charge in [-0.05, 0) is 149 Å². The van der Waals surface area contributed by atoms with E-state index in [9.17, 15) is 0 Å². The Morgan fingerprint density at radius 3 is 0.972 bits per heavy atom. The summed E-state index contributed by atoms with van der Waals surface area (Å²) in [6, 6.07) is 96.5. The third kappa shape index (κ3) is 7.73. The van der Waals surface area contributed by atoms with Crippen LogP contribution in [-0.2, 0) is 0 Å². The van der Waals surface area contributed by atoms with Gasteiger partial charge in [-0.25, -0.2) is 0 Å². The van der Waals surface area contributed by atoms with Crippen LogP contribution in [0.25, 0.3) is 94.6 Å². The van der Waals surface area contributed by atoms with E-state index in [1.807, 2.05) is 24.5 Å². The van der Waals surface area contributed by atoms with Crippen molar-refractivity contribution in [2.24, 2.45) is 0 Å². The Labute approximate surface area is 421 Å². The van der Waals surface area contributed by atoms with Gasteiger partial charge in [-0.2, -0.15) is 0 Å². The van der Waals surface area contributed by atoms with Crippen LogP contribution in [0.1, 0.15) is 33.6 Å². The van der Waals surface area contributed by atoms with Crippen LogP contribution in [0.2, 0.25) is 0 Å². The van der Waals surface area contributed by atoms with E-state index < -0.39 is 0 Å². The Bertz CT molecular complexity index is 3890. The van der Waals surface area contributed by atoms with Gasteiger partial charge in [0, 0.05) is 40.3 Å². The molecule has 0 fully saturated rings. The van der Waals surface area contributed by atoms with E-state index in [0.29, 0.717) is 0 Å². The molecular formula is C70H46N2. The Balaban J connectivity index is 1.14. The van der Waals surface area contributed by atoms with E-state index in [-0.39, 0.29) is 0 Å². The van der Waals surface area contributed by atoms with E-state index in [0.717, 1.165) is 100 Å². The molecule has 0 unspecified atom stereocenters. The molecule has 72 heavy (non-hydrogen) atoms. The highest BCUT2D eigenvalue weighted by Crippen LogP contribution is 2.62. The van der Waals surface area contributed by atoms with Crippen LogP contribution in [0.5, 0.6) is 0 Å². The number of fused-ring (bicyclic) bond motifs is 3. The van der Waals surface area contributed by atoms with Crippen LogP contribution < -0.4 is 0 Å². The minimum absolute atomic E-state index is 0.917. The predicted octanol–water partition coefficient (Wildman–Crippen LogP) is 17.8. The van der Waals surface area contributed by atoms with Crippen molar-refractivity contribution in [2.45, 2.75) is 0 Å². The van der Waals surface area contributed by atoms with Crippen molar-refractivity contribution in [3.05, 3.63) is 319 Å². The minimum Gasteiger partial charge on any atom is -0.256 e. The maximum atomic E-state index is 5.24. The van der Waals surface area contributed by atoms with Crippen molar-refractivity contribution >= 4 is 27.9 Å². The van der Waals surface area contributed by atoms with Gasteiger partial charge in [0.1, 0.15) is 0 Å². The minimum atomic E-state index is 0.917. The molecule has 0 radical (unpaired) electrons. The molecule has 2 aliphatic rings. The number of aromatic nitrogens is 2. The maximum Gasteiger partial charge on any atom is 0.0714 e.